The maximum Gasteiger partial charge on any atom is 0.192 e. The van der Waals surface area contributed by atoms with E-state index in [-0.39, 0.29) is 5.04 Å². The molecule has 0 bridgehead atoms. The second-order valence-corrected chi connectivity index (χ2v) is 19.8. The van der Waals surface area contributed by atoms with Gasteiger partial charge in [-0.1, -0.05) is 77.3 Å². The molecule has 3 heteroatoms. The molecule has 3 saturated carbocycles. The van der Waals surface area contributed by atoms with Gasteiger partial charge in [0.25, 0.3) is 0 Å². The Bertz CT molecular complexity index is 837. The Kier molecular flexibility index (Phi) is 9.33. The van der Waals surface area contributed by atoms with Crippen molar-refractivity contribution in [2.75, 3.05) is 0 Å². The van der Waals surface area contributed by atoms with Gasteiger partial charge < -0.3 is 9.53 Å². The molecule has 3 rings (SSSR count). The van der Waals surface area contributed by atoms with Crippen molar-refractivity contribution in [3.05, 3.63) is 35.5 Å². The highest BCUT2D eigenvalue weighted by molar-refractivity contribution is 6.74. The number of hydrogen-bond acceptors (Lipinski definition) is 2. The molecule has 0 saturated heterocycles. The van der Waals surface area contributed by atoms with E-state index in [9.17, 15) is 5.11 Å². The quantitative estimate of drug-likeness (QED) is 0.327. The van der Waals surface area contributed by atoms with Gasteiger partial charge in [0.15, 0.2) is 8.32 Å². The number of rotatable bonds is 8. The lowest BCUT2D eigenvalue weighted by Gasteiger charge is -2.44. The molecule has 2 nitrogen and oxygen atoms in total. The van der Waals surface area contributed by atoms with E-state index in [1.165, 1.54) is 49.7 Å². The summed E-state index contributed by atoms with van der Waals surface area (Å²) in [4.78, 5) is 0. The first kappa shape index (κ1) is 29.9. The van der Waals surface area contributed by atoms with Crippen molar-refractivity contribution < 1.29 is 9.53 Å². The SMILES string of the molecule is C=C1CCC(O[Si](C)(C)C(C)(C)C)C/C1=C/C=C1\CCCC2(C)C1CCC2C(C)CCCC(C)(C)O. The Hall–Kier alpha value is -0.643. The molecule has 0 aromatic rings. The van der Waals surface area contributed by atoms with Gasteiger partial charge in [0.05, 0.1) is 5.60 Å². The van der Waals surface area contributed by atoms with Crippen LogP contribution >= 0.6 is 0 Å². The van der Waals surface area contributed by atoms with Gasteiger partial charge in [-0.15, -0.1) is 0 Å². The Morgan fingerprint density at radius 3 is 2.44 bits per heavy atom. The molecular formula is C33H58O2Si. The molecule has 36 heavy (non-hydrogen) atoms. The van der Waals surface area contributed by atoms with Crippen LogP contribution in [0.15, 0.2) is 35.5 Å². The van der Waals surface area contributed by atoms with E-state index in [2.05, 4.69) is 66.4 Å². The van der Waals surface area contributed by atoms with Crippen molar-refractivity contribution in [2.24, 2.45) is 23.2 Å². The van der Waals surface area contributed by atoms with Crippen LogP contribution in [0.4, 0.5) is 0 Å². The van der Waals surface area contributed by atoms with E-state index in [0.29, 0.717) is 11.5 Å². The van der Waals surface area contributed by atoms with E-state index in [4.69, 9.17) is 4.43 Å². The van der Waals surface area contributed by atoms with Crippen LogP contribution in [-0.2, 0) is 4.43 Å². The number of hydrogen-bond donors (Lipinski definition) is 1. The molecule has 206 valence electrons. The van der Waals surface area contributed by atoms with E-state index < -0.39 is 13.9 Å². The molecule has 0 spiro atoms. The Balaban J connectivity index is 1.69. The summed E-state index contributed by atoms with van der Waals surface area (Å²) in [5, 5.41) is 10.4. The molecule has 0 radical (unpaired) electrons. The largest absolute Gasteiger partial charge is 0.414 e. The van der Waals surface area contributed by atoms with Crippen LogP contribution < -0.4 is 0 Å². The standard InChI is InChI=1S/C33H58O2Si/c1-24-15-18-28(35-36(9,10)31(3,4)5)23-27(24)17-16-26-14-12-22-33(8)29(19-20-30(26)33)25(2)13-11-21-32(6,7)34/h16-17,25,28-30,34H,1,11-15,18-23H2,2-10H3/b26-16+,27-17-. The van der Waals surface area contributed by atoms with Crippen molar-refractivity contribution in [3.63, 3.8) is 0 Å². The Labute approximate surface area is 225 Å². The zero-order chi connectivity index (χ0) is 26.9. The van der Waals surface area contributed by atoms with Crippen LogP contribution in [0.2, 0.25) is 18.1 Å². The fraction of sp³-hybridized carbons (Fsp3) is 0.818. The molecule has 1 N–H and O–H groups in total. The lowest BCUT2D eigenvalue weighted by molar-refractivity contribution is 0.0596. The van der Waals surface area contributed by atoms with Crippen LogP contribution in [0.25, 0.3) is 0 Å². The van der Waals surface area contributed by atoms with Crippen LogP contribution in [0, 0.1) is 23.2 Å². The number of allylic oxidation sites excluding steroid dienone is 4. The third kappa shape index (κ3) is 7.06. The Morgan fingerprint density at radius 1 is 1.11 bits per heavy atom. The summed E-state index contributed by atoms with van der Waals surface area (Å²) in [6.45, 7) is 25.2. The number of fused-ring (bicyclic) bond motifs is 1. The van der Waals surface area contributed by atoms with Gasteiger partial charge in [0, 0.05) is 6.10 Å². The highest BCUT2D eigenvalue weighted by Crippen LogP contribution is 2.60. The van der Waals surface area contributed by atoms with Gasteiger partial charge in [-0.25, -0.2) is 0 Å². The smallest absolute Gasteiger partial charge is 0.192 e. The predicted molar refractivity (Wildman–Crippen MR) is 159 cm³/mol. The van der Waals surface area contributed by atoms with E-state index in [1.807, 2.05) is 13.8 Å². The second-order valence-electron chi connectivity index (χ2n) is 15.1. The zero-order valence-corrected chi connectivity index (χ0v) is 26.3. The highest BCUT2D eigenvalue weighted by atomic mass is 28.4. The summed E-state index contributed by atoms with van der Waals surface area (Å²) in [6.07, 6.45) is 18.5. The molecular weight excluding hydrogens is 456 g/mol. The van der Waals surface area contributed by atoms with Gasteiger partial charge in [0.2, 0.25) is 0 Å². The van der Waals surface area contributed by atoms with Crippen molar-refractivity contribution >= 4 is 8.32 Å². The van der Waals surface area contributed by atoms with Gasteiger partial charge in [0.1, 0.15) is 0 Å². The molecule has 5 atom stereocenters. The normalized spacial score (nSPS) is 33.3. The lowest BCUT2D eigenvalue weighted by atomic mass is 9.60. The van der Waals surface area contributed by atoms with Crippen molar-refractivity contribution in [1.29, 1.82) is 0 Å². The topological polar surface area (TPSA) is 29.5 Å². The summed E-state index contributed by atoms with van der Waals surface area (Å²) in [5.74, 6) is 2.29. The third-order valence-corrected chi connectivity index (χ3v) is 15.1. The van der Waals surface area contributed by atoms with Crippen LogP contribution in [0.1, 0.15) is 119 Å². The zero-order valence-electron chi connectivity index (χ0n) is 25.3. The molecule has 0 aliphatic heterocycles. The molecule has 0 heterocycles. The predicted octanol–water partition coefficient (Wildman–Crippen LogP) is 9.76. The maximum absolute atomic E-state index is 10.1. The van der Waals surface area contributed by atoms with Gasteiger partial charge in [-0.3, -0.25) is 0 Å². The summed E-state index contributed by atoms with van der Waals surface area (Å²) in [6, 6.07) is 0. The van der Waals surface area contributed by atoms with Crippen LogP contribution in [-0.4, -0.2) is 25.1 Å². The highest BCUT2D eigenvalue weighted by Gasteiger charge is 2.50. The minimum atomic E-state index is -1.75. The van der Waals surface area contributed by atoms with Crippen LogP contribution in [0.5, 0.6) is 0 Å². The molecule has 3 aliphatic rings. The summed E-state index contributed by atoms with van der Waals surface area (Å²) < 4.78 is 6.81. The van der Waals surface area contributed by atoms with Gasteiger partial charge in [-0.2, -0.15) is 0 Å². The molecule has 0 aromatic heterocycles. The second kappa shape index (κ2) is 11.2. The minimum absolute atomic E-state index is 0.254. The van der Waals surface area contributed by atoms with Crippen molar-refractivity contribution in [3.8, 4) is 0 Å². The summed E-state index contributed by atoms with van der Waals surface area (Å²) >= 11 is 0. The van der Waals surface area contributed by atoms with Crippen molar-refractivity contribution in [1.82, 2.24) is 0 Å². The van der Waals surface area contributed by atoms with E-state index in [1.54, 1.807) is 5.57 Å². The van der Waals surface area contributed by atoms with E-state index in [0.717, 1.165) is 49.9 Å². The number of aliphatic hydroxyl groups is 1. The third-order valence-electron chi connectivity index (χ3n) is 10.6. The Morgan fingerprint density at radius 2 is 1.81 bits per heavy atom. The average Bonchev–Trinajstić information content (AvgIpc) is 3.09. The fourth-order valence-corrected chi connectivity index (χ4v) is 8.74. The molecule has 0 amide bonds. The lowest BCUT2D eigenvalue weighted by Crippen LogP contribution is -2.44. The fourth-order valence-electron chi connectivity index (χ4n) is 7.35. The monoisotopic (exact) mass is 514 g/mol. The van der Waals surface area contributed by atoms with Gasteiger partial charge >= 0.3 is 0 Å². The molecule has 3 aliphatic carbocycles. The van der Waals surface area contributed by atoms with E-state index >= 15 is 0 Å². The maximum atomic E-state index is 10.1. The molecule has 0 aromatic carbocycles. The summed E-state index contributed by atoms with van der Waals surface area (Å²) in [7, 11) is -1.75. The minimum Gasteiger partial charge on any atom is -0.414 e. The first-order chi connectivity index (χ1) is 16.5. The summed E-state index contributed by atoms with van der Waals surface area (Å²) in [5.41, 5.74) is 4.36. The molecule has 5 unspecified atom stereocenters. The van der Waals surface area contributed by atoms with Gasteiger partial charge in [-0.05, 0) is 119 Å². The average molecular weight is 515 g/mol. The van der Waals surface area contributed by atoms with Crippen molar-refractivity contribution in [2.45, 2.75) is 149 Å². The van der Waals surface area contributed by atoms with Crippen LogP contribution in [0.3, 0.4) is 0 Å². The molecule has 3 fully saturated rings. The first-order valence-corrected chi connectivity index (χ1v) is 17.9. The first-order valence-electron chi connectivity index (χ1n) is 15.0.